The number of furan rings is 1. The molecule has 0 saturated heterocycles. The molecular formula is C21H19F2NO4. The van der Waals surface area contributed by atoms with Gasteiger partial charge in [-0.15, -0.1) is 0 Å². The summed E-state index contributed by atoms with van der Waals surface area (Å²) in [7, 11) is 0. The van der Waals surface area contributed by atoms with Crippen molar-refractivity contribution in [1.82, 2.24) is 0 Å². The molecule has 0 fully saturated rings. The molecule has 0 spiro atoms. The molecule has 1 aromatic heterocycles. The van der Waals surface area contributed by atoms with Gasteiger partial charge >= 0.3 is 5.97 Å². The van der Waals surface area contributed by atoms with Crippen LogP contribution in [-0.2, 0) is 20.7 Å². The van der Waals surface area contributed by atoms with E-state index >= 15 is 0 Å². The number of hydrogen-bond acceptors (Lipinski definition) is 4. The molecule has 0 aliphatic rings. The third-order valence-electron chi connectivity index (χ3n) is 4.49. The van der Waals surface area contributed by atoms with Crippen LogP contribution in [0.2, 0.25) is 0 Å². The maximum absolute atomic E-state index is 13.6. The minimum atomic E-state index is -1.23. The summed E-state index contributed by atoms with van der Waals surface area (Å²) in [6.45, 7) is 5.25. The molecule has 3 aromatic rings. The Kier molecular flexibility index (Phi) is 5.44. The van der Waals surface area contributed by atoms with Crippen LogP contribution in [0.4, 0.5) is 14.5 Å². The number of anilines is 1. The molecule has 0 unspecified atom stereocenters. The highest BCUT2D eigenvalue weighted by Crippen LogP contribution is 2.25. The van der Waals surface area contributed by atoms with Gasteiger partial charge < -0.3 is 14.5 Å². The van der Waals surface area contributed by atoms with Gasteiger partial charge in [0.25, 0.3) is 5.91 Å². The Labute approximate surface area is 160 Å². The number of carbonyl (C=O) groups is 2. The van der Waals surface area contributed by atoms with Crippen LogP contribution in [-0.4, -0.2) is 18.0 Å². The standard InChI is InChI=1S/C21H19F2NO4/c1-11-7-15-14(10-27-18(15)8-12(11)2)9-19(25)28-13(3)21(26)24-20-16(22)5-4-6-17(20)23/h4-8,10,13H,9H2,1-3H3,(H,24,26)/t13-/m0/s1. The first-order valence-electron chi connectivity index (χ1n) is 8.68. The Morgan fingerprint density at radius 2 is 1.79 bits per heavy atom. The number of fused-ring (bicyclic) bond motifs is 1. The van der Waals surface area contributed by atoms with E-state index in [2.05, 4.69) is 5.32 Å². The van der Waals surface area contributed by atoms with Crippen LogP contribution in [0.1, 0.15) is 23.6 Å². The van der Waals surface area contributed by atoms with Gasteiger partial charge in [0.1, 0.15) is 22.9 Å². The molecular weight excluding hydrogens is 368 g/mol. The average molecular weight is 387 g/mol. The molecule has 28 heavy (non-hydrogen) atoms. The third-order valence-corrected chi connectivity index (χ3v) is 4.49. The second-order valence-corrected chi connectivity index (χ2v) is 6.59. The van der Waals surface area contributed by atoms with E-state index in [9.17, 15) is 18.4 Å². The van der Waals surface area contributed by atoms with Crippen molar-refractivity contribution >= 4 is 28.5 Å². The van der Waals surface area contributed by atoms with Crippen LogP contribution in [0.25, 0.3) is 11.0 Å². The highest BCUT2D eigenvalue weighted by atomic mass is 19.1. The average Bonchev–Trinajstić information content (AvgIpc) is 3.00. The molecule has 1 amide bonds. The van der Waals surface area contributed by atoms with Crippen LogP contribution in [0.15, 0.2) is 41.0 Å². The van der Waals surface area contributed by atoms with E-state index in [0.717, 1.165) is 28.6 Å². The van der Waals surface area contributed by atoms with Crippen molar-refractivity contribution in [3.8, 4) is 0 Å². The number of rotatable bonds is 5. The number of benzene rings is 2. The predicted octanol–water partition coefficient (Wildman–Crippen LogP) is 4.44. The summed E-state index contributed by atoms with van der Waals surface area (Å²) in [5, 5.41) is 2.90. The summed E-state index contributed by atoms with van der Waals surface area (Å²) >= 11 is 0. The minimum Gasteiger partial charge on any atom is -0.464 e. The molecule has 0 saturated carbocycles. The number of aryl methyl sites for hydroxylation is 2. The number of esters is 1. The Hall–Kier alpha value is -3.22. The predicted molar refractivity (Wildman–Crippen MR) is 99.9 cm³/mol. The number of carbonyl (C=O) groups excluding carboxylic acids is 2. The lowest BCUT2D eigenvalue weighted by Crippen LogP contribution is -2.31. The maximum Gasteiger partial charge on any atom is 0.311 e. The molecule has 1 N–H and O–H groups in total. The van der Waals surface area contributed by atoms with Gasteiger partial charge in [-0.2, -0.15) is 0 Å². The monoisotopic (exact) mass is 387 g/mol. The summed E-state index contributed by atoms with van der Waals surface area (Å²) in [4.78, 5) is 24.3. The van der Waals surface area contributed by atoms with Crippen molar-refractivity contribution in [2.24, 2.45) is 0 Å². The highest BCUT2D eigenvalue weighted by Gasteiger charge is 2.22. The van der Waals surface area contributed by atoms with Crippen LogP contribution in [0, 0.1) is 25.5 Å². The van der Waals surface area contributed by atoms with Crippen molar-refractivity contribution in [3.63, 3.8) is 0 Å². The molecule has 0 bridgehead atoms. The molecule has 0 aliphatic heterocycles. The summed E-state index contributed by atoms with van der Waals surface area (Å²) in [6, 6.07) is 7.03. The lowest BCUT2D eigenvalue weighted by Gasteiger charge is -2.14. The van der Waals surface area contributed by atoms with E-state index in [4.69, 9.17) is 9.15 Å². The number of hydrogen-bond donors (Lipinski definition) is 1. The molecule has 146 valence electrons. The van der Waals surface area contributed by atoms with Crippen LogP contribution >= 0.6 is 0 Å². The van der Waals surface area contributed by atoms with Gasteiger partial charge in [-0.1, -0.05) is 6.07 Å². The van der Waals surface area contributed by atoms with Gasteiger partial charge in [0.2, 0.25) is 0 Å². The number of para-hydroxylation sites is 1. The number of ether oxygens (including phenoxy) is 1. The topological polar surface area (TPSA) is 68.5 Å². The van der Waals surface area contributed by atoms with E-state index in [-0.39, 0.29) is 6.42 Å². The SMILES string of the molecule is Cc1cc2occ(CC(=O)O[C@@H](C)C(=O)Nc3c(F)cccc3F)c2cc1C. The Bertz CT molecular complexity index is 1040. The fraction of sp³-hybridized carbons (Fsp3) is 0.238. The zero-order valence-electron chi connectivity index (χ0n) is 15.6. The van der Waals surface area contributed by atoms with Crippen LogP contribution in [0.5, 0.6) is 0 Å². The van der Waals surface area contributed by atoms with Gasteiger partial charge in [-0.25, -0.2) is 8.78 Å². The first-order valence-corrected chi connectivity index (χ1v) is 8.68. The second-order valence-electron chi connectivity index (χ2n) is 6.59. The molecule has 1 atom stereocenters. The summed E-state index contributed by atoms with van der Waals surface area (Å²) in [5.41, 5.74) is 2.84. The van der Waals surface area contributed by atoms with E-state index in [1.54, 1.807) is 0 Å². The van der Waals surface area contributed by atoms with E-state index in [1.165, 1.54) is 19.3 Å². The summed E-state index contributed by atoms with van der Waals surface area (Å²) < 4.78 is 37.8. The molecule has 3 rings (SSSR count). The first kappa shape index (κ1) is 19.5. The van der Waals surface area contributed by atoms with Gasteiger partial charge in [0, 0.05) is 10.9 Å². The van der Waals surface area contributed by atoms with Crippen molar-refractivity contribution in [2.75, 3.05) is 5.32 Å². The minimum absolute atomic E-state index is 0.0961. The highest BCUT2D eigenvalue weighted by molar-refractivity contribution is 5.95. The van der Waals surface area contributed by atoms with Gasteiger partial charge in [-0.3, -0.25) is 9.59 Å². The molecule has 0 aliphatic carbocycles. The molecule has 0 radical (unpaired) electrons. The van der Waals surface area contributed by atoms with E-state index in [0.29, 0.717) is 11.1 Å². The van der Waals surface area contributed by atoms with Crippen LogP contribution < -0.4 is 5.32 Å². The van der Waals surface area contributed by atoms with Gasteiger partial charge in [0.15, 0.2) is 6.10 Å². The lowest BCUT2D eigenvalue weighted by atomic mass is 10.0. The Morgan fingerprint density at radius 1 is 1.14 bits per heavy atom. The van der Waals surface area contributed by atoms with E-state index in [1.807, 2.05) is 26.0 Å². The summed E-state index contributed by atoms with van der Waals surface area (Å²) in [5.74, 6) is -3.32. The fourth-order valence-corrected chi connectivity index (χ4v) is 2.76. The fourth-order valence-electron chi connectivity index (χ4n) is 2.76. The van der Waals surface area contributed by atoms with Gasteiger partial charge in [-0.05, 0) is 56.2 Å². The zero-order chi connectivity index (χ0) is 20.4. The van der Waals surface area contributed by atoms with Crippen molar-refractivity contribution in [1.29, 1.82) is 0 Å². The zero-order valence-corrected chi connectivity index (χ0v) is 15.6. The lowest BCUT2D eigenvalue weighted by molar-refractivity contribution is -0.152. The largest absolute Gasteiger partial charge is 0.464 e. The van der Waals surface area contributed by atoms with Crippen LogP contribution in [0.3, 0.4) is 0 Å². The molecule has 7 heteroatoms. The van der Waals surface area contributed by atoms with Crippen molar-refractivity contribution in [2.45, 2.75) is 33.3 Å². The van der Waals surface area contributed by atoms with Crippen molar-refractivity contribution in [3.05, 3.63) is 64.9 Å². The first-order chi connectivity index (χ1) is 13.3. The Balaban J connectivity index is 1.66. The third kappa shape index (κ3) is 4.03. The quantitative estimate of drug-likeness (QED) is 0.657. The number of halogens is 2. The van der Waals surface area contributed by atoms with Crippen molar-refractivity contribution < 1.29 is 27.5 Å². The van der Waals surface area contributed by atoms with E-state index < -0.39 is 35.3 Å². The smallest absolute Gasteiger partial charge is 0.311 e. The number of amides is 1. The number of nitrogens with one attached hydrogen (secondary N) is 1. The second kappa shape index (κ2) is 7.80. The van der Waals surface area contributed by atoms with Gasteiger partial charge in [0.05, 0.1) is 12.7 Å². The maximum atomic E-state index is 13.6. The molecule has 2 aromatic carbocycles. The normalized spacial score (nSPS) is 12.0. The Morgan fingerprint density at radius 3 is 2.46 bits per heavy atom. The summed E-state index contributed by atoms with van der Waals surface area (Å²) in [6.07, 6.45) is 0.152. The molecule has 5 nitrogen and oxygen atoms in total. The molecule has 1 heterocycles.